The van der Waals surface area contributed by atoms with Crippen molar-refractivity contribution in [1.82, 2.24) is 10.6 Å². The van der Waals surface area contributed by atoms with Crippen LogP contribution in [0.3, 0.4) is 0 Å². The Hall–Kier alpha value is -2.51. The average Bonchev–Trinajstić information content (AvgIpc) is 2.40. The van der Waals surface area contributed by atoms with Crippen LogP contribution < -0.4 is 10.6 Å². The maximum Gasteiger partial charge on any atom is 0.405 e. The molecule has 0 heterocycles. The van der Waals surface area contributed by atoms with Crippen molar-refractivity contribution >= 4 is 18.1 Å². The van der Waals surface area contributed by atoms with Gasteiger partial charge in [0, 0.05) is 12.6 Å². The number of carboxylic acid groups (broad SMARTS) is 1. The minimum Gasteiger partial charge on any atom is -0.478 e. The van der Waals surface area contributed by atoms with E-state index >= 15 is 0 Å². The number of alkyl halides is 3. The van der Waals surface area contributed by atoms with Gasteiger partial charge in [0.2, 0.25) is 0 Å². The molecular weight excluding hydrogens is 289 g/mol. The third-order valence-corrected chi connectivity index (χ3v) is 2.27. The van der Waals surface area contributed by atoms with Crippen molar-refractivity contribution in [3.63, 3.8) is 0 Å². The quantitative estimate of drug-likeness (QED) is 0.729. The van der Waals surface area contributed by atoms with Crippen molar-refractivity contribution < 1.29 is 27.9 Å². The SMILES string of the molecule is O=C(O)/C=C/c1cccc(CNC(=O)NCC(F)(F)F)c1. The third-order valence-electron chi connectivity index (χ3n) is 2.27. The summed E-state index contributed by atoms with van der Waals surface area (Å²) >= 11 is 0. The highest BCUT2D eigenvalue weighted by atomic mass is 19.4. The Labute approximate surface area is 118 Å². The molecule has 0 saturated heterocycles. The second-order valence-corrected chi connectivity index (χ2v) is 4.07. The molecule has 0 spiro atoms. The molecule has 0 unspecified atom stereocenters. The fourth-order valence-electron chi connectivity index (χ4n) is 1.40. The number of rotatable bonds is 5. The van der Waals surface area contributed by atoms with E-state index in [-0.39, 0.29) is 6.54 Å². The molecule has 0 atom stereocenters. The van der Waals surface area contributed by atoms with Gasteiger partial charge in [-0.25, -0.2) is 9.59 Å². The van der Waals surface area contributed by atoms with Crippen LogP contribution in [0.1, 0.15) is 11.1 Å². The number of aliphatic carboxylic acids is 1. The Balaban J connectivity index is 2.50. The lowest BCUT2D eigenvalue weighted by Crippen LogP contribution is -2.40. The first kappa shape index (κ1) is 16.5. The number of halogens is 3. The summed E-state index contributed by atoms with van der Waals surface area (Å²) in [7, 11) is 0. The summed E-state index contributed by atoms with van der Waals surface area (Å²) in [6.45, 7) is -1.38. The van der Waals surface area contributed by atoms with Crippen LogP contribution in [0.4, 0.5) is 18.0 Å². The van der Waals surface area contributed by atoms with E-state index in [1.807, 2.05) is 0 Å². The minimum atomic E-state index is -4.46. The summed E-state index contributed by atoms with van der Waals surface area (Å²) < 4.78 is 35.7. The lowest BCUT2D eigenvalue weighted by molar-refractivity contribution is -0.131. The predicted octanol–water partition coefficient (Wildman–Crippen LogP) is 2.15. The largest absolute Gasteiger partial charge is 0.478 e. The fourth-order valence-corrected chi connectivity index (χ4v) is 1.40. The number of carbonyl (C=O) groups is 2. The van der Waals surface area contributed by atoms with Gasteiger partial charge in [-0.3, -0.25) is 0 Å². The lowest BCUT2D eigenvalue weighted by atomic mass is 10.1. The molecule has 0 fully saturated rings. The van der Waals surface area contributed by atoms with Crippen molar-refractivity contribution in [2.45, 2.75) is 12.7 Å². The van der Waals surface area contributed by atoms with E-state index in [4.69, 9.17) is 5.11 Å². The minimum absolute atomic E-state index is 0.0262. The number of amides is 2. The van der Waals surface area contributed by atoms with Crippen molar-refractivity contribution in [2.75, 3.05) is 6.54 Å². The number of carboxylic acids is 1. The highest BCUT2D eigenvalue weighted by Gasteiger charge is 2.27. The molecule has 0 saturated carbocycles. The Kier molecular flexibility index (Phi) is 5.77. The first-order valence-corrected chi connectivity index (χ1v) is 5.85. The van der Waals surface area contributed by atoms with Crippen LogP contribution in [0.2, 0.25) is 0 Å². The molecule has 21 heavy (non-hydrogen) atoms. The van der Waals surface area contributed by atoms with E-state index in [1.165, 1.54) is 6.08 Å². The summed E-state index contributed by atoms with van der Waals surface area (Å²) in [4.78, 5) is 21.5. The highest BCUT2D eigenvalue weighted by Crippen LogP contribution is 2.12. The monoisotopic (exact) mass is 302 g/mol. The maximum atomic E-state index is 11.9. The van der Waals surface area contributed by atoms with Crippen LogP contribution in [0.5, 0.6) is 0 Å². The number of benzene rings is 1. The molecule has 0 aliphatic heterocycles. The van der Waals surface area contributed by atoms with Crippen LogP contribution in [-0.4, -0.2) is 29.8 Å². The summed E-state index contributed by atoms with van der Waals surface area (Å²) in [6, 6.07) is 5.64. The average molecular weight is 302 g/mol. The van der Waals surface area contributed by atoms with Gasteiger partial charge in [0.15, 0.2) is 0 Å². The first-order chi connectivity index (χ1) is 9.76. The third kappa shape index (κ3) is 7.61. The van der Waals surface area contributed by atoms with E-state index in [9.17, 15) is 22.8 Å². The normalized spacial score (nSPS) is 11.4. The lowest BCUT2D eigenvalue weighted by Gasteiger charge is -2.10. The molecule has 8 heteroatoms. The van der Waals surface area contributed by atoms with Gasteiger partial charge in [0.1, 0.15) is 6.54 Å². The number of hydrogen-bond acceptors (Lipinski definition) is 2. The summed E-state index contributed by atoms with van der Waals surface area (Å²) in [6.07, 6.45) is -2.13. The van der Waals surface area contributed by atoms with Crippen LogP contribution in [0.25, 0.3) is 6.08 Å². The zero-order chi connectivity index (χ0) is 15.9. The Bertz CT molecular complexity index is 542. The molecule has 1 rings (SSSR count). The van der Waals surface area contributed by atoms with Crippen molar-refractivity contribution in [2.24, 2.45) is 0 Å². The molecule has 0 aliphatic carbocycles. The molecule has 1 aromatic carbocycles. The molecule has 2 amide bonds. The van der Waals surface area contributed by atoms with E-state index in [2.05, 4.69) is 5.32 Å². The van der Waals surface area contributed by atoms with E-state index in [1.54, 1.807) is 29.6 Å². The molecule has 5 nitrogen and oxygen atoms in total. The Morgan fingerprint density at radius 1 is 1.24 bits per heavy atom. The second kappa shape index (κ2) is 7.32. The fraction of sp³-hybridized carbons (Fsp3) is 0.231. The number of hydrogen-bond donors (Lipinski definition) is 3. The number of nitrogens with one attached hydrogen (secondary N) is 2. The predicted molar refractivity (Wildman–Crippen MR) is 69.4 cm³/mol. The molecule has 3 N–H and O–H groups in total. The highest BCUT2D eigenvalue weighted by molar-refractivity contribution is 5.85. The molecular formula is C13H13F3N2O3. The van der Waals surface area contributed by atoms with Crippen LogP contribution >= 0.6 is 0 Å². The maximum absolute atomic E-state index is 11.9. The first-order valence-electron chi connectivity index (χ1n) is 5.85. The van der Waals surface area contributed by atoms with Gasteiger partial charge < -0.3 is 15.7 Å². The number of urea groups is 1. The van der Waals surface area contributed by atoms with Crippen LogP contribution in [-0.2, 0) is 11.3 Å². The summed E-state index contributed by atoms with van der Waals surface area (Å²) in [5.74, 6) is -1.09. The van der Waals surface area contributed by atoms with Gasteiger partial charge in [0.25, 0.3) is 0 Å². The van der Waals surface area contributed by atoms with Gasteiger partial charge in [0.05, 0.1) is 0 Å². The van der Waals surface area contributed by atoms with Crippen molar-refractivity contribution in [3.05, 3.63) is 41.5 Å². The van der Waals surface area contributed by atoms with E-state index in [0.29, 0.717) is 11.1 Å². The molecule has 0 bridgehead atoms. The standard InChI is InChI=1S/C13H13F3N2O3/c14-13(15,16)8-18-12(21)17-7-10-3-1-2-9(6-10)4-5-11(19)20/h1-6H,7-8H2,(H,19,20)(H2,17,18,21)/b5-4+. The summed E-state index contributed by atoms with van der Waals surface area (Å²) in [5, 5.41) is 12.5. The Morgan fingerprint density at radius 3 is 2.57 bits per heavy atom. The van der Waals surface area contributed by atoms with Gasteiger partial charge in [-0.05, 0) is 23.3 Å². The number of carbonyl (C=O) groups excluding carboxylic acids is 1. The zero-order valence-electron chi connectivity index (χ0n) is 10.8. The summed E-state index contributed by atoms with van der Waals surface area (Å²) in [5.41, 5.74) is 1.23. The van der Waals surface area contributed by atoms with Crippen LogP contribution in [0.15, 0.2) is 30.3 Å². The molecule has 114 valence electrons. The molecule has 0 radical (unpaired) electrons. The van der Waals surface area contributed by atoms with E-state index in [0.717, 1.165) is 6.08 Å². The van der Waals surface area contributed by atoms with Crippen LogP contribution in [0, 0.1) is 0 Å². The zero-order valence-corrected chi connectivity index (χ0v) is 10.8. The molecule has 0 aromatic heterocycles. The smallest absolute Gasteiger partial charge is 0.405 e. The van der Waals surface area contributed by atoms with Gasteiger partial charge >= 0.3 is 18.2 Å². The van der Waals surface area contributed by atoms with E-state index < -0.39 is 24.7 Å². The van der Waals surface area contributed by atoms with Crippen molar-refractivity contribution in [3.8, 4) is 0 Å². The Morgan fingerprint density at radius 2 is 1.95 bits per heavy atom. The van der Waals surface area contributed by atoms with Crippen molar-refractivity contribution in [1.29, 1.82) is 0 Å². The molecule has 1 aromatic rings. The van der Waals surface area contributed by atoms with Gasteiger partial charge in [-0.15, -0.1) is 0 Å². The topological polar surface area (TPSA) is 78.4 Å². The van der Waals surface area contributed by atoms with Gasteiger partial charge in [-0.1, -0.05) is 18.2 Å². The second-order valence-electron chi connectivity index (χ2n) is 4.07. The van der Waals surface area contributed by atoms with Gasteiger partial charge in [-0.2, -0.15) is 13.2 Å². The molecule has 0 aliphatic rings.